The van der Waals surface area contributed by atoms with E-state index in [4.69, 9.17) is 12.2 Å². The van der Waals surface area contributed by atoms with Gasteiger partial charge in [0.25, 0.3) is 0 Å². The lowest BCUT2D eigenvalue weighted by atomic mass is 10.1. The highest BCUT2D eigenvalue weighted by Crippen LogP contribution is 2.28. The summed E-state index contributed by atoms with van der Waals surface area (Å²) in [4.78, 5) is 14.0. The fraction of sp³-hybridized carbons (Fsp3) is 0.500. The van der Waals surface area contributed by atoms with Gasteiger partial charge in [-0.25, -0.2) is 0 Å². The van der Waals surface area contributed by atoms with Crippen LogP contribution in [0.25, 0.3) is 0 Å². The number of thiocarbonyl (C=S) groups is 1. The lowest BCUT2D eigenvalue weighted by Gasteiger charge is -2.30. The Labute approximate surface area is 131 Å². The second-order valence-electron chi connectivity index (χ2n) is 5.32. The topological polar surface area (TPSA) is 44.4 Å². The minimum atomic E-state index is -0.0366. The number of nitrogens with zero attached hydrogens (tertiary/aromatic N) is 1. The van der Waals surface area contributed by atoms with Crippen LogP contribution in [0.3, 0.4) is 0 Å². The molecule has 0 atom stereocenters. The van der Waals surface area contributed by atoms with E-state index < -0.39 is 0 Å². The molecule has 21 heavy (non-hydrogen) atoms. The van der Waals surface area contributed by atoms with E-state index in [1.807, 2.05) is 25.1 Å². The molecule has 1 aliphatic heterocycles. The molecule has 0 aromatic heterocycles. The predicted octanol–water partition coefficient (Wildman–Crippen LogP) is 3.29. The number of nitrogens with one attached hydrogen (secondary N) is 2. The Balaban J connectivity index is 2.02. The molecule has 2 N–H and O–H groups in total. The van der Waals surface area contributed by atoms with Crippen LogP contribution in [0.15, 0.2) is 24.3 Å². The van der Waals surface area contributed by atoms with Gasteiger partial charge >= 0.3 is 0 Å². The van der Waals surface area contributed by atoms with Crippen LogP contribution >= 0.6 is 12.2 Å². The molecular weight excluding hydrogens is 282 g/mol. The molecule has 2 rings (SSSR count). The first-order chi connectivity index (χ1) is 10.2. The van der Waals surface area contributed by atoms with Gasteiger partial charge in [-0.1, -0.05) is 19.1 Å². The maximum absolute atomic E-state index is 11.6. The molecule has 1 saturated heterocycles. The Morgan fingerprint density at radius 1 is 1.24 bits per heavy atom. The van der Waals surface area contributed by atoms with Gasteiger partial charge < -0.3 is 15.5 Å². The van der Waals surface area contributed by atoms with Crippen LogP contribution in [0.4, 0.5) is 11.4 Å². The zero-order chi connectivity index (χ0) is 15.1. The molecule has 1 aromatic rings. The summed E-state index contributed by atoms with van der Waals surface area (Å²) in [6, 6.07) is 8.12. The molecule has 4 nitrogen and oxygen atoms in total. The summed E-state index contributed by atoms with van der Waals surface area (Å²) in [5, 5.41) is 6.25. The summed E-state index contributed by atoms with van der Waals surface area (Å²) in [6.45, 7) is 4.13. The zero-order valence-electron chi connectivity index (χ0n) is 12.5. The largest absolute Gasteiger partial charge is 0.370 e. The van der Waals surface area contributed by atoms with Gasteiger partial charge in [0.1, 0.15) is 0 Å². The van der Waals surface area contributed by atoms with Gasteiger partial charge in [0.2, 0.25) is 5.91 Å². The number of carbonyl (C=O) groups is 1. The van der Waals surface area contributed by atoms with Gasteiger partial charge in [-0.15, -0.1) is 0 Å². The summed E-state index contributed by atoms with van der Waals surface area (Å²) < 4.78 is 0. The monoisotopic (exact) mass is 305 g/mol. The van der Waals surface area contributed by atoms with E-state index in [0.29, 0.717) is 11.5 Å². The van der Waals surface area contributed by atoms with Crippen molar-refractivity contribution in [1.82, 2.24) is 5.32 Å². The SMILES string of the molecule is CCCC(=O)NC(=S)Nc1ccccc1N1CCCCC1. The van der Waals surface area contributed by atoms with E-state index in [0.717, 1.165) is 30.9 Å². The average Bonchev–Trinajstić information content (AvgIpc) is 2.48. The third kappa shape index (κ3) is 4.70. The third-order valence-electron chi connectivity index (χ3n) is 3.58. The minimum absolute atomic E-state index is 0.0366. The van der Waals surface area contributed by atoms with Crippen molar-refractivity contribution in [3.8, 4) is 0 Å². The van der Waals surface area contributed by atoms with Gasteiger partial charge in [0, 0.05) is 19.5 Å². The molecule has 1 aliphatic rings. The fourth-order valence-electron chi connectivity index (χ4n) is 2.56. The van der Waals surface area contributed by atoms with Crippen LogP contribution in [-0.4, -0.2) is 24.1 Å². The van der Waals surface area contributed by atoms with Crippen LogP contribution < -0.4 is 15.5 Å². The number of piperidine rings is 1. The Bertz CT molecular complexity index is 498. The van der Waals surface area contributed by atoms with Gasteiger partial charge in [-0.3, -0.25) is 4.79 Å². The molecular formula is C16H23N3OS. The maximum Gasteiger partial charge on any atom is 0.226 e. The minimum Gasteiger partial charge on any atom is -0.370 e. The van der Waals surface area contributed by atoms with Crippen molar-refractivity contribution < 1.29 is 4.79 Å². The number of hydrogen-bond acceptors (Lipinski definition) is 3. The first kappa shape index (κ1) is 15.8. The van der Waals surface area contributed by atoms with Crippen LogP contribution in [-0.2, 0) is 4.79 Å². The van der Waals surface area contributed by atoms with Gasteiger partial charge in [0.05, 0.1) is 11.4 Å². The smallest absolute Gasteiger partial charge is 0.226 e. The molecule has 1 heterocycles. The van der Waals surface area contributed by atoms with Crippen LogP contribution in [0.1, 0.15) is 39.0 Å². The van der Waals surface area contributed by atoms with Crippen molar-refractivity contribution in [2.75, 3.05) is 23.3 Å². The number of rotatable bonds is 4. The third-order valence-corrected chi connectivity index (χ3v) is 3.78. The molecule has 0 radical (unpaired) electrons. The summed E-state index contributed by atoms with van der Waals surface area (Å²) in [7, 11) is 0. The molecule has 0 spiro atoms. The molecule has 114 valence electrons. The van der Waals surface area contributed by atoms with Gasteiger partial charge in [-0.05, 0) is 50.0 Å². The molecule has 1 fully saturated rings. The molecule has 0 saturated carbocycles. The van der Waals surface area contributed by atoms with Crippen LogP contribution in [0.5, 0.6) is 0 Å². The lowest BCUT2D eigenvalue weighted by Crippen LogP contribution is -2.35. The highest BCUT2D eigenvalue weighted by molar-refractivity contribution is 7.80. The van der Waals surface area contributed by atoms with Crippen molar-refractivity contribution in [2.45, 2.75) is 39.0 Å². The second kappa shape index (κ2) is 7.98. The van der Waals surface area contributed by atoms with Crippen molar-refractivity contribution >= 4 is 34.6 Å². The highest BCUT2D eigenvalue weighted by Gasteiger charge is 2.15. The summed E-state index contributed by atoms with van der Waals surface area (Å²) in [5.74, 6) is -0.0366. The normalized spacial score (nSPS) is 14.6. The van der Waals surface area contributed by atoms with E-state index in [-0.39, 0.29) is 5.91 Å². The van der Waals surface area contributed by atoms with E-state index in [1.165, 1.54) is 19.3 Å². The zero-order valence-corrected chi connectivity index (χ0v) is 13.3. The van der Waals surface area contributed by atoms with Crippen molar-refractivity contribution in [2.24, 2.45) is 0 Å². The van der Waals surface area contributed by atoms with Crippen molar-refractivity contribution in [1.29, 1.82) is 0 Å². The predicted molar refractivity (Wildman–Crippen MR) is 91.8 cm³/mol. The first-order valence-electron chi connectivity index (χ1n) is 7.65. The van der Waals surface area contributed by atoms with Crippen LogP contribution in [0.2, 0.25) is 0 Å². The van der Waals surface area contributed by atoms with Gasteiger partial charge in [-0.2, -0.15) is 0 Å². The Morgan fingerprint density at radius 3 is 2.67 bits per heavy atom. The van der Waals surface area contributed by atoms with Crippen molar-refractivity contribution in [3.05, 3.63) is 24.3 Å². The number of hydrogen-bond donors (Lipinski definition) is 2. The molecule has 1 amide bonds. The number of carbonyl (C=O) groups excluding carboxylic acids is 1. The second-order valence-corrected chi connectivity index (χ2v) is 5.73. The average molecular weight is 305 g/mol. The van der Waals surface area contributed by atoms with Crippen LogP contribution in [0, 0.1) is 0 Å². The maximum atomic E-state index is 11.6. The molecule has 0 bridgehead atoms. The number of benzene rings is 1. The lowest BCUT2D eigenvalue weighted by molar-refractivity contribution is -0.119. The molecule has 1 aromatic carbocycles. The Morgan fingerprint density at radius 2 is 1.95 bits per heavy atom. The first-order valence-corrected chi connectivity index (χ1v) is 8.06. The van der Waals surface area contributed by atoms with E-state index in [9.17, 15) is 4.79 Å². The van der Waals surface area contributed by atoms with E-state index in [1.54, 1.807) is 0 Å². The summed E-state index contributed by atoms with van der Waals surface area (Å²) in [5.41, 5.74) is 2.12. The number of para-hydroxylation sites is 2. The standard InChI is InChI=1S/C16H23N3OS/c1-2-8-15(20)18-16(21)17-13-9-4-5-10-14(13)19-11-6-3-7-12-19/h4-5,9-10H,2-3,6-8,11-12H2,1H3,(H2,17,18,20,21). The number of amides is 1. The van der Waals surface area contributed by atoms with Gasteiger partial charge in [0.15, 0.2) is 5.11 Å². The number of anilines is 2. The molecule has 0 aliphatic carbocycles. The Kier molecular flexibility index (Phi) is 5.99. The van der Waals surface area contributed by atoms with E-state index in [2.05, 4.69) is 21.6 Å². The quantitative estimate of drug-likeness (QED) is 0.838. The van der Waals surface area contributed by atoms with Crippen molar-refractivity contribution in [3.63, 3.8) is 0 Å². The summed E-state index contributed by atoms with van der Waals surface area (Å²) >= 11 is 5.23. The Hall–Kier alpha value is -1.62. The van der Waals surface area contributed by atoms with E-state index >= 15 is 0 Å². The summed E-state index contributed by atoms with van der Waals surface area (Å²) in [6.07, 6.45) is 5.07. The molecule has 0 unspecified atom stereocenters. The fourth-order valence-corrected chi connectivity index (χ4v) is 2.78. The molecule has 5 heteroatoms. The highest BCUT2D eigenvalue weighted by atomic mass is 32.1.